The van der Waals surface area contributed by atoms with Crippen LogP contribution in [0, 0.1) is 11.6 Å². The first-order valence-electron chi connectivity index (χ1n) is 6.68. The maximum absolute atomic E-state index is 13.4. The molecule has 0 heterocycles. The molecule has 0 aromatic heterocycles. The van der Waals surface area contributed by atoms with Crippen LogP contribution in [-0.2, 0) is 24.3 Å². The second kappa shape index (κ2) is 7.01. The molecule has 1 saturated carbocycles. The number of amides is 1. The smallest absolute Gasteiger partial charge is 0.321 e. The molecule has 0 unspecified atom stereocenters. The van der Waals surface area contributed by atoms with Gasteiger partial charge in [0.2, 0.25) is 10.0 Å². The highest BCUT2D eigenvalue weighted by molar-refractivity contribution is 7.89. The number of benzene rings is 1. The van der Waals surface area contributed by atoms with E-state index in [1.54, 1.807) is 4.72 Å². The second-order valence-corrected chi connectivity index (χ2v) is 6.58. The number of carbonyl (C=O) groups excluding carboxylic acids is 2. The average Bonchev–Trinajstić information content (AvgIpc) is 3.26. The third-order valence-corrected chi connectivity index (χ3v) is 4.35. The molecule has 0 radical (unpaired) electrons. The summed E-state index contributed by atoms with van der Waals surface area (Å²) in [6.45, 7) is -1.40. The van der Waals surface area contributed by atoms with Gasteiger partial charge in [0.05, 0.1) is 0 Å². The zero-order valence-corrected chi connectivity index (χ0v) is 12.7. The van der Waals surface area contributed by atoms with Crippen molar-refractivity contribution in [2.45, 2.75) is 23.8 Å². The van der Waals surface area contributed by atoms with Gasteiger partial charge in [-0.15, -0.1) is 0 Å². The molecule has 1 amide bonds. The highest BCUT2D eigenvalue weighted by Gasteiger charge is 2.25. The number of esters is 1. The van der Waals surface area contributed by atoms with Crippen molar-refractivity contribution >= 4 is 21.9 Å². The van der Waals surface area contributed by atoms with Crippen molar-refractivity contribution in [3.8, 4) is 0 Å². The fourth-order valence-electron chi connectivity index (χ4n) is 1.66. The Kier molecular flexibility index (Phi) is 5.26. The van der Waals surface area contributed by atoms with Crippen LogP contribution in [-0.4, -0.2) is 39.5 Å². The van der Waals surface area contributed by atoms with Crippen LogP contribution in [0.25, 0.3) is 0 Å². The Morgan fingerprint density at radius 3 is 2.39 bits per heavy atom. The van der Waals surface area contributed by atoms with Crippen LogP contribution >= 0.6 is 0 Å². The van der Waals surface area contributed by atoms with Gasteiger partial charge < -0.3 is 10.1 Å². The summed E-state index contributed by atoms with van der Waals surface area (Å²) < 4.78 is 56.7. The van der Waals surface area contributed by atoms with Crippen LogP contribution in [0.15, 0.2) is 23.1 Å². The molecule has 23 heavy (non-hydrogen) atoms. The molecule has 0 saturated heterocycles. The number of carbonyl (C=O) groups is 2. The lowest BCUT2D eigenvalue weighted by Crippen LogP contribution is -2.35. The van der Waals surface area contributed by atoms with Gasteiger partial charge in [0.25, 0.3) is 5.91 Å². The van der Waals surface area contributed by atoms with Gasteiger partial charge in [-0.05, 0) is 25.0 Å². The fraction of sp³-hybridized carbons (Fsp3) is 0.385. The predicted octanol–water partition coefficient (Wildman–Crippen LogP) is 0.0649. The molecule has 0 spiro atoms. The highest BCUT2D eigenvalue weighted by Crippen LogP contribution is 2.18. The van der Waals surface area contributed by atoms with E-state index in [0.717, 1.165) is 31.0 Å². The Balaban J connectivity index is 1.86. The molecular formula is C13H14F2N2O5S. The lowest BCUT2D eigenvalue weighted by molar-refractivity contribution is -0.147. The monoisotopic (exact) mass is 348 g/mol. The Hall–Kier alpha value is -2.07. The van der Waals surface area contributed by atoms with Gasteiger partial charge in [-0.1, -0.05) is 6.07 Å². The topological polar surface area (TPSA) is 102 Å². The van der Waals surface area contributed by atoms with Crippen LogP contribution in [0.1, 0.15) is 12.8 Å². The summed E-state index contributed by atoms with van der Waals surface area (Å²) in [5.41, 5.74) is 0. The van der Waals surface area contributed by atoms with E-state index in [1.807, 2.05) is 0 Å². The SMILES string of the molecule is O=C(COC(=O)CNS(=O)(=O)c1c(F)cccc1F)NC1CC1. The van der Waals surface area contributed by atoms with E-state index in [2.05, 4.69) is 10.1 Å². The Labute approximate surface area is 131 Å². The van der Waals surface area contributed by atoms with Crippen molar-refractivity contribution in [1.82, 2.24) is 10.0 Å². The number of halogens is 2. The minimum Gasteiger partial charge on any atom is -0.455 e. The van der Waals surface area contributed by atoms with Gasteiger partial charge in [0.15, 0.2) is 11.5 Å². The molecule has 1 fully saturated rings. The molecule has 0 bridgehead atoms. The molecule has 2 rings (SSSR count). The quantitative estimate of drug-likeness (QED) is 0.679. The normalized spacial score (nSPS) is 14.3. The largest absolute Gasteiger partial charge is 0.455 e. The zero-order valence-electron chi connectivity index (χ0n) is 11.8. The molecule has 10 heteroatoms. The third kappa shape index (κ3) is 4.96. The van der Waals surface area contributed by atoms with E-state index in [9.17, 15) is 26.8 Å². The summed E-state index contributed by atoms with van der Waals surface area (Å²) >= 11 is 0. The number of hydrogen-bond donors (Lipinski definition) is 2. The Morgan fingerprint density at radius 1 is 1.22 bits per heavy atom. The van der Waals surface area contributed by atoms with E-state index in [0.29, 0.717) is 0 Å². The molecule has 1 aromatic carbocycles. The predicted molar refractivity (Wildman–Crippen MR) is 73.7 cm³/mol. The maximum atomic E-state index is 13.4. The van der Waals surface area contributed by atoms with E-state index in [1.165, 1.54) is 0 Å². The molecule has 0 atom stereocenters. The van der Waals surface area contributed by atoms with Crippen LogP contribution in [0.5, 0.6) is 0 Å². The first-order valence-corrected chi connectivity index (χ1v) is 8.16. The first kappa shape index (κ1) is 17.3. The summed E-state index contributed by atoms with van der Waals surface area (Å²) in [5, 5.41) is 2.57. The zero-order chi connectivity index (χ0) is 17.0. The molecule has 2 N–H and O–H groups in total. The van der Waals surface area contributed by atoms with Crippen molar-refractivity contribution in [3.05, 3.63) is 29.8 Å². The number of hydrogen-bond acceptors (Lipinski definition) is 5. The summed E-state index contributed by atoms with van der Waals surface area (Å²) in [5.74, 6) is -4.11. The van der Waals surface area contributed by atoms with Gasteiger partial charge in [0.1, 0.15) is 18.2 Å². The molecular weight excluding hydrogens is 334 g/mol. The minimum absolute atomic E-state index is 0.101. The van der Waals surface area contributed by atoms with Gasteiger partial charge in [-0.3, -0.25) is 9.59 Å². The molecule has 1 aliphatic rings. The lowest BCUT2D eigenvalue weighted by Gasteiger charge is -2.09. The fourth-order valence-corrected chi connectivity index (χ4v) is 2.76. The van der Waals surface area contributed by atoms with E-state index < -0.39 is 51.6 Å². The molecule has 1 aliphatic carbocycles. The van der Waals surface area contributed by atoms with Crippen molar-refractivity contribution in [3.63, 3.8) is 0 Å². The van der Waals surface area contributed by atoms with E-state index in [-0.39, 0.29) is 6.04 Å². The van der Waals surface area contributed by atoms with Gasteiger partial charge >= 0.3 is 5.97 Å². The Bertz CT molecular complexity index is 699. The third-order valence-electron chi connectivity index (χ3n) is 2.90. The standard InChI is InChI=1S/C13H14F2N2O5S/c14-9-2-1-3-10(15)13(9)23(20,21)16-6-12(19)22-7-11(18)17-8-4-5-8/h1-3,8,16H,4-7H2,(H,17,18). The van der Waals surface area contributed by atoms with Crippen LogP contribution in [0.4, 0.5) is 8.78 Å². The van der Waals surface area contributed by atoms with Gasteiger partial charge in [-0.2, -0.15) is 4.72 Å². The molecule has 7 nitrogen and oxygen atoms in total. The van der Waals surface area contributed by atoms with Crippen LogP contribution in [0.2, 0.25) is 0 Å². The Morgan fingerprint density at radius 2 is 1.83 bits per heavy atom. The van der Waals surface area contributed by atoms with Crippen molar-refractivity contribution < 1.29 is 31.5 Å². The van der Waals surface area contributed by atoms with Crippen molar-refractivity contribution in [2.75, 3.05) is 13.2 Å². The summed E-state index contributed by atoms with van der Waals surface area (Å²) in [7, 11) is -4.57. The average molecular weight is 348 g/mol. The maximum Gasteiger partial charge on any atom is 0.321 e. The molecule has 0 aliphatic heterocycles. The van der Waals surface area contributed by atoms with E-state index in [4.69, 9.17) is 0 Å². The molecule has 1 aromatic rings. The van der Waals surface area contributed by atoms with Gasteiger partial charge in [0, 0.05) is 6.04 Å². The molecule has 126 valence electrons. The number of sulfonamides is 1. The number of ether oxygens (including phenoxy) is 1. The lowest BCUT2D eigenvalue weighted by atomic mass is 10.3. The highest BCUT2D eigenvalue weighted by atomic mass is 32.2. The van der Waals surface area contributed by atoms with Crippen molar-refractivity contribution in [1.29, 1.82) is 0 Å². The summed E-state index contributed by atoms with van der Waals surface area (Å²) in [4.78, 5) is 21.5. The van der Waals surface area contributed by atoms with Crippen molar-refractivity contribution in [2.24, 2.45) is 0 Å². The summed E-state index contributed by atoms with van der Waals surface area (Å²) in [6, 6.07) is 2.66. The first-order chi connectivity index (χ1) is 10.8. The number of nitrogens with one attached hydrogen (secondary N) is 2. The van der Waals surface area contributed by atoms with Crippen LogP contribution < -0.4 is 10.0 Å². The number of rotatable bonds is 7. The van der Waals surface area contributed by atoms with Gasteiger partial charge in [-0.25, -0.2) is 17.2 Å². The van der Waals surface area contributed by atoms with E-state index >= 15 is 0 Å². The van der Waals surface area contributed by atoms with Crippen LogP contribution in [0.3, 0.4) is 0 Å². The summed E-state index contributed by atoms with van der Waals surface area (Å²) in [6.07, 6.45) is 1.74. The minimum atomic E-state index is -4.57. The second-order valence-electron chi connectivity index (χ2n) is 4.88.